The van der Waals surface area contributed by atoms with E-state index in [4.69, 9.17) is 5.73 Å². The summed E-state index contributed by atoms with van der Waals surface area (Å²) in [5.41, 5.74) is 8.26. The Labute approximate surface area is 182 Å². The number of amides is 3. The van der Waals surface area contributed by atoms with Gasteiger partial charge in [0.05, 0.1) is 17.6 Å². The Kier molecular flexibility index (Phi) is 6.01. The number of primary amides is 1. The minimum atomic E-state index is -1.01. The first-order valence-corrected chi connectivity index (χ1v) is 10.7. The number of para-hydroxylation sites is 1. The summed E-state index contributed by atoms with van der Waals surface area (Å²) in [6.45, 7) is 2.71. The number of urea groups is 1. The highest BCUT2D eigenvalue weighted by Crippen LogP contribution is 2.37. The zero-order valence-electron chi connectivity index (χ0n) is 16.9. The molecule has 3 amide bonds. The molecule has 1 aromatic carbocycles. The molecule has 2 atom stereocenters. The van der Waals surface area contributed by atoms with Gasteiger partial charge in [-0.05, 0) is 25.1 Å². The lowest BCUT2D eigenvalue weighted by atomic mass is 10.1. The van der Waals surface area contributed by atoms with Crippen LogP contribution in [0.25, 0.3) is 16.1 Å². The summed E-state index contributed by atoms with van der Waals surface area (Å²) in [6.07, 6.45) is 0.967. The maximum absolute atomic E-state index is 13.7. The first-order chi connectivity index (χ1) is 14.9. The first-order valence-electron chi connectivity index (χ1n) is 9.88. The average Bonchev–Trinajstić information content (AvgIpc) is 3.31. The Balaban J connectivity index is 1.64. The molecule has 0 spiro atoms. The number of carbonyl (C=O) groups is 2. The fourth-order valence-electron chi connectivity index (χ4n) is 3.65. The second kappa shape index (κ2) is 8.86. The highest BCUT2D eigenvalue weighted by Gasteiger charge is 2.26. The third-order valence-corrected chi connectivity index (χ3v) is 6.27. The van der Waals surface area contributed by atoms with E-state index < -0.39 is 12.2 Å². The number of alkyl halides is 1. The van der Waals surface area contributed by atoms with Gasteiger partial charge in [-0.25, -0.2) is 13.9 Å². The third kappa shape index (κ3) is 4.59. The third-order valence-electron chi connectivity index (χ3n) is 5.10. The molecule has 5 N–H and O–H groups in total. The Morgan fingerprint density at radius 2 is 2.06 bits per heavy atom. The topological polar surface area (TPSA) is 114 Å². The van der Waals surface area contributed by atoms with Gasteiger partial charge in [-0.3, -0.25) is 4.79 Å². The summed E-state index contributed by atoms with van der Waals surface area (Å²) < 4.78 is 15.5. The van der Waals surface area contributed by atoms with Gasteiger partial charge in [0.2, 0.25) is 0 Å². The Morgan fingerprint density at radius 1 is 1.29 bits per heavy atom. The lowest BCUT2D eigenvalue weighted by Gasteiger charge is -2.26. The van der Waals surface area contributed by atoms with Crippen molar-refractivity contribution in [1.29, 1.82) is 0 Å². The number of benzene rings is 1. The number of piperidine rings is 1. The summed E-state index contributed by atoms with van der Waals surface area (Å²) in [5.74, 6) is -0.381. The molecular formula is C21H23FN6O2S. The SMILES string of the molecule is Cc1c(-c2cc(NC(N)=O)c(C(=O)N[C@@H]3CNC[C@@H](F)C3)s2)cnn1-c1ccccc1. The fourth-order valence-corrected chi connectivity index (χ4v) is 4.73. The molecule has 0 bridgehead atoms. The van der Waals surface area contributed by atoms with Crippen molar-refractivity contribution < 1.29 is 14.0 Å². The lowest BCUT2D eigenvalue weighted by molar-refractivity contribution is 0.0923. The monoisotopic (exact) mass is 442 g/mol. The van der Waals surface area contributed by atoms with Crippen molar-refractivity contribution in [1.82, 2.24) is 20.4 Å². The van der Waals surface area contributed by atoms with Crippen LogP contribution in [0.15, 0.2) is 42.6 Å². The van der Waals surface area contributed by atoms with E-state index in [0.717, 1.165) is 21.8 Å². The Morgan fingerprint density at radius 3 is 2.77 bits per heavy atom. The van der Waals surface area contributed by atoms with E-state index in [1.807, 2.05) is 41.9 Å². The number of thiophene rings is 1. The molecular weight excluding hydrogens is 419 g/mol. The summed E-state index contributed by atoms with van der Waals surface area (Å²) in [5, 5.41) is 12.8. The molecule has 0 radical (unpaired) electrons. The van der Waals surface area contributed by atoms with Crippen molar-refractivity contribution in [3.8, 4) is 16.1 Å². The van der Waals surface area contributed by atoms with Crippen LogP contribution in [0.5, 0.6) is 0 Å². The van der Waals surface area contributed by atoms with Crippen LogP contribution in [0.3, 0.4) is 0 Å². The maximum Gasteiger partial charge on any atom is 0.316 e. The standard InChI is InChI=1S/C21H23FN6O2S/c1-12-16(11-25-28(12)15-5-3-2-4-6-15)18-8-17(27-21(23)30)19(31-18)20(29)26-14-7-13(22)9-24-10-14/h2-6,8,11,13-14,24H,7,9-10H2,1H3,(H,26,29)(H3,23,27,30)/t13-,14-/m0/s1. The summed E-state index contributed by atoms with van der Waals surface area (Å²) >= 11 is 1.22. The van der Waals surface area contributed by atoms with Crippen LogP contribution in [0, 0.1) is 6.92 Å². The number of hydrogen-bond acceptors (Lipinski definition) is 5. The smallest absolute Gasteiger partial charge is 0.316 e. The molecule has 3 heterocycles. The number of nitrogens with one attached hydrogen (secondary N) is 3. The quantitative estimate of drug-likeness (QED) is 0.486. The van der Waals surface area contributed by atoms with Crippen molar-refractivity contribution in [2.75, 3.05) is 18.4 Å². The van der Waals surface area contributed by atoms with Crippen LogP contribution >= 0.6 is 11.3 Å². The van der Waals surface area contributed by atoms with Crippen molar-refractivity contribution in [2.45, 2.75) is 25.6 Å². The molecule has 1 fully saturated rings. The van der Waals surface area contributed by atoms with Crippen LogP contribution in [-0.2, 0) is 0 Å². The van der Waals surface area contributed by atoms with Crippen LogP contribution in [-0.4, -0.2) is 47.0 Å². The van der Waals surface area contributed by atoms with E-state index in [0.29, 0.717) is 17.1 Å². The lowest BCUT2D eigenvalue weighted by Crippen LogP contribution is -2.49. The van der Waals surface area contributed by atoms with Gasteiger partial charge < -0.3 is 21.7 Å². The van der Waals surface area contributed by atoms with Crippen molar-refractivity contribution in [2.24, 2.45) is 5.73 Å². The Hall–Kier alpha value is -3.24. The molecule has 1 saturated heterocycles. The fraction of sp³-hybridized carbons (Fsp3) is 0.286. The minimum absolute atomic E-state index is 0.249. The van der Waals surface area contributed by atoms with Gasteiger partial charge in [0.1, 0.15) is 11.0 Å². The molecule has 10 heteroatoms. The zero-order valence-corrected chi connectivity index (χ0v) is 17.7. The number of aromatic nitrogens is 2. The zero-order chi connectivity index (χ0) is 22.0. The molecule has 31 heavy (non-hydrogen) atoms. The number of rotatable bonds is 5. The van der Waals surface area contributed by atoms with Gasteiger partial charge in [-0.2, -0.15) is 5.10 Å². The summed E-state index contributed by atoms with van der Waals surface area (Å²) in [6, 6.07) is 10.3. The van der Waals surface area contributed by atoms with E-state index in [1.54, 1.807) is 12.3 Å². The summed E-state index contributed by atoms with van der Waals surface area (Å²) in [4.78, 5) is 25.5. The number of nitrogens with zero attached hydrogens (tertiary/aromatic N) is 2. The molecule has 162 valence electrons. The van der Waals surface area contributed by atoms with Crippen molar-refractivity contribution >= 4 is 29.0 Å². The van der Waals surface area contributed by atoms with Gasteiger partial charge >= 0.3 is 6.03 Å². The average molecular weight is 443 g/mol. The second-order valence-corrected chi connectivity index (χ2v) is 8.45. The normalized spacial score (nSPS) is 18.5. The molecule has 0 saturated carbocycles. The predicted octanol–water partition coefficient (Wildman–Crippen LogP) is 2.83. The van der Waals surface area contributed by atoms with E-state index in [2.05, 4.69) is 21.0 Å². The number of nitrogens with two attached hydrogens (primary N) is 1. The van der Waals surface area contributed by atoms with E-state index in [1.165, 1.54) is 11.3 Å². The first kappa shape index (κ1) is 21.0. The van der Waals surface area contributed by atoms with Crippen molar-refractivity contribution in [3.05, 3.63) is 53.2 Å². The van der Waals surface area contributed by atoms with E-state index in [9.17, 15) is 14.0 Å². The van der Waals surface area contributed by atoms with E-state index in [-0.39, 0.29) is 24.9 Å². The Bertz CT molecular complexity index is 1100. The second-order valence-electron chi connectivity index (χ2n) is 7.40. The number of carbonyl (C=O) groups excluding carboxylic acids is 2. The number of halogens is 1. The molecule has 2 aromatic heterocycles. The van der Waals surface area contributed by atoms with Gasteiger partial charge in [0.15, 0.2) is 0 Å². The molecule has 0 aliphatic carbocycles. The van der Waals surface area contributed by atoms with Gasteiger partial charge in [-0.15, -0.1) is 11.3 Å². The number of anilines is 1. The summed E-state index contributed by atoms with van der Waals surface area (Å²) in [7, 11) is 0. The van der Waals surface area contributed by atoms with Crippen LogP contribution < -0.4 is 21.7 Å². The molecule has 8 nitrogen and oxygen atoms in total. The minimum Gasteiger partial charge on any atom is -0.351 e. The largest absolute Gasteiger partial charge is 0.351 e. The number of hydrogen-bond donors (Lipinski definition) is 4. The molecule has 1 aliphatic rings. The van der Waals surface area contributed by atoms with Crippen LogP contribution in [0.1, 0.15) is 21.8 Å². The predicted molar refractivity (Wildman–Crippen MR) is 118 cm³/mol. The molecule has 1 aliphatic heterocycles. The van der Waals surface area contributed by atoms with Crippen molar-refractivity contribution in [3.63, 3.8) is 0 Å². The molecule has 4 rings (SSSR count). The van der Waals surface area contributed by atoms with Gasteiger partial charge in [0, 0.05) is 41.7 Å². The molecule has 0 unspecified atom stereocenters. The highest BCUT2D eigenvalue weighted by atomic mass is 32.1. The van der Waals surface area contributed by atoms with Gasteiger partial charge in [0.25, 0.3) is 5.91 Å². The van der Waals surface area contributed by atoms with E-state index >= 15 is 0 Å². The maximum atomic E-state index is 13.7. The highest BCUT2D eigenvalue weighted by molar-refractivity contribution is 7.18. The molecule has 3 aromatic rings. The van der Waals surface area contributed by atoms with Gasteiger partial charge in [-0.1, -0.05) is 18.2 Å². The van der Waals surface area contributed by atoms with Crippen LogP contribution in [0.2, 0.25) is 0 Å². The van der Waals surface area contributed by atoms with Crippen LogP contribution in [0.4, 0.5) is 14.9 Å².